The van der Waals surface area contributed by atoms with Gasteiger partial charge in [0.15, 0.2) is 0 Å². The van der Waals surface area contributed by atoms with Gasteiger partial charge in [0.05, 0.1) is 18.8 Å². The molecule has 2 saturated carbocycles. The Morgan fingerprint density at radius 3 is 2.84 bits per heavy atom. The maximum absolute atomic E-state index is 10.6. The molecule has 3 fully saturated rings. The van der Waals surface area contributed by atoms with Gasteiger partial charge in [-0.3, -0.25) is 0 Å². The minimum atomic E-state index is -0.568. The molecule has 2 heterocycles. The molecule has 138 valence electrons. The maximum atomic E-state index is 10.6. The predicted octanol–water partition coefficient (Wildman–Crippen LogP) is 2.90. The molecular weight excluding hydrogens is 342 g/mol. The third kappa shape index (κ3) is 3.86. The summed E-state index contributed by atoms with van der Waals surface area (Å²) in [4.78, 5) is 8.80. The van der Waals surface area contributed by atoms with Gasteiger partial charge in [0.2, 0.25) is 11.8 Å². The van der Waals surface area contributed by atoms with Crippen LogP contribution in [0.3, 0.4) is 0 Å². The molecule has 5 unspecified atom stereocenters. The summed E-state index contributed by atoms with van der Waals surface area (Å²) in [5.41, 5.74) is -0.568. The number of hydrogen-bond donors (Lipinski definition) is 2. The Hall–Kier alpha value is -1.11. The molecule has 1 aromatic heterocycles. The fourth-order valence-corrected chi connectivity index (χ4v) is 5.01. The van der Waals surface area contributed by atoms with Crippen molar-refractivity contribution in [3.63, 3.8) is 0 Å². The lowest BCUT2D eigenvalue weighted by atomic mass is 9.61. The summed E-state index contributed by atoms with van der Waals surface area (Å²) >= 11 is 6.16. The van der Waals surface area contributed by atoms with Crippen LogP contribution in [0.4, 0.5) is 5.95 Å². The molecule has 2 aliphatic carbocycles. The second-order valence-corrected chi connectivity index (χ2v) is 8.67. The standard InChI is InChI=1S/C18H26ClN3O3/c1-10-3-11-4-12(7-18(2,23)6-11)16(10)22-17-20-14(19)5-15(21-17)25-13-8-24-9-13/h5,10-13,16,23H,3-4,6-9H2,1-2H3,(H,20,21,22). The summed E-state index contributed by atoms with van der Waals surface area (Å²) in [6.45, 7) is 5.40. The zero-order valence-electron chi connectivity index (χ0n) is 14.7. The van der Waals surface area contributed by atoms with Gasteiger partial charge in [0.25, 0.3) is 0 Å². The van der Waals surface area contributed by atoms with Crippen molar-refractivity contribution in [2.24, 2.45) is 17.8 Å². The first-order chi connectivity index (χ1) is 11.9. The quantitative estimate of drug-likeness (QED) is 0.797. The zero-order valence-corrected chi connectivity index (χ0v) is 15.5. The van der Waals surface area contributed by atoms with Gasteiger partial charge in [0.1, 0.15) is 11.3 Å². The number of ether oxygens (including phenoxy) is 2. The molecular formula is C18H26ClN3O3. The number of fused-ring (bicyclic) bond motifs is 2. The van der Waals surface area contributed by atoms with Crippen molar-refractivity contribution < 1.29 is 14.6 Å². The molecule has 0 radical (unpaired) electrons. The van der Waals surface area contributed by atoms with E-state index in [4.69, 9.17) is 21.1 Å². The molecule has 25 heavy (non-hydrogen) atoms. The fraction of sp³-hybridized carbons (Fsp3) is 0.778. The van der Waals surface area contributed by atoms with E-state index < -0.39 is 5.60 Å². The third-order valence-corrected chi connectivity index (χ3v) is 5.95. The van der Waals surface area contributed by atoms with Gasteiger partial charge in [-0.15, -0.1) is 0 Å². The second-order valence-electron chi connectivity index (χ2n) is 8.28. The lowest BCUT2D eigenvalue weighted by Gasteiger charge is -2.49. The molecule has 1 aromatic rings. The molecule has 2 N–H and O–H groups in total. The highest BCUT2D eigenvalue weighted by Gasteiger charge is 2.45. The van der Waals surface area contributed by atoms with E-state index in [0.29, 0.717) is 47.9 Å². The molecule has 7 heteroatoms. The number of halogens is 1. The highest BCUT2D eigenvalue weighted by atomic mass is 35.5. The predicted molar refractivity (Wildman–Crippen MR) is 94.9 cm³/mol. The van der Waals surface area contributed by atoms with Gasteiger partial charge in [0, 0.05) is 12.1 Å². The van der Waals surface area contributed by atoms with E-state index in [-0.39, 0.29) is 12.1 Å². The Balaban J connectivity index is 1.50. The topological polar surface area (TPSA) is 76.5 Å². The van der Waals surface area contributed by atoms with Crippen LogP contribution in [-0.4, -0.2) is 46.0 Å². The lowest BCUT2D eigenvalue weighted by Crippen LogP contribution is -2.50. The lowest BCUT2D eigenvalue weighted by molar-refractivity contribution is -0.0813. The average molecular weight is 368 g/mol. The van der Waals surface area contributed by atoms with Crippen LogP contribution in [0.2, 0.25) is 5.15 Å². The van der Waals surface area contributed by atoms with Crippen LogP contribution < -0.4 is 10.1 Å². The highest BCUT2D eigenvalue weighted by Crippen LogP contribution is 2.47. The number of aliphatic hydroxyl groups is 1. The number of anilines is 1. The van der Waals surface area contributed by atoms with E-state index in [2.05, 4.69) is 22.2 Å². The van der Waals surface area contributed by atoms with Crippen LogP contribution in [0.5, 0.6) is 5.88 Å². The molecule has 0 spiro atoms. The minimum Gasteiger partial charge on any atom is -0.469 e. The van der Waals surface area contributed by atoms with Crippen molar-refractivity contribution >= 4 is 17.5 Å². The first kappa shape index (κ1) is 17.3. The molecule has 1 saturated heterocycles. The molecule has 4 rings (SSSR count). The minimum absolute atomic E-state index is 0.0432. The third-order valence-electron chi connectivity index (χ3n) is 5.75. The van der Waals surface area contributed by atoms with E-state index in [0.717, 1.165) is 25.7 Å². The van der Waals surface area contributed by atoms with E-state index in [1.807, 2.05) is 6.92 Å². The van der Waals surface area contributed by atoms with Crippen molar-refractivity contribution in [1.29, 1.82) is 0 Å². The summed E-state index contributed by atoms with van der Waals surface area (Å²) < 4.78 is 10.9. The maximum Gasteiger partial charge on any atom is 0.227 e. The van der Waals surface area contributed by atoms with Crippen LogP contribution in [-0.2, 0) is 4.74 Å². The van der Waals surface area contributed by atoms with Gasteiger partial charge in [-0.1, -0.05) is 18.5 Å². The number of rotatable bonds is 4. The fourth-order valence-electron chi connectivity index (χ4n) is 4.84. The number of hydrogen-bond acceptors (Lipinski definition) is 6. The molecule has 6 nitrogen and oxygen atoms in total. The van der Waals surface area contributed by atoms with Crippen LogP contribution in [0, 0.1) is 17.8 Å². The molecule has 1 aliphatic heterocycles. The molecule has 2 bridgehead atoms. The number of aromatic nitrogens is 2. The van der Waals surface area contributed by atoms with E-state index in [9.17, 15) is 5.11 Å². The Morgan fingerprint density at radius 2 is 2.12 bits per heavy atom. The highest BCUT2D eigenvalue weighted by molar-refractivity contribution is 6.29. The van der Waals surface area contributed by atoms with Crippen molar-refractivity contribution in [1.82, 2.24) is 9.97 Å². The van der Waals surface area contributed by atoms with E-state index in [1.54, 1.807) is 6.07 Å². The monoisotopic (exact) mass is 367 g/mol. The Labute approximate surface area is 153 Å². The first-order valence-corrected chi connectivity index (χ1v) is 9.54. The molecule has 0 aromatic carbocycles. The van der Waals surface area contributed by atoms with Gasteiger partial charge >= 0.3 is 0 Å². The van der Waals surface area contributed by atoms with Crippen molar-refractivity contribution in [3.05, 3.63) is 11.2 Å². The van der Waals surface area contributed by atoms with E-state index >= 15 is 0 Å². The Kier molecular flexibility index (Phi) is 4.54. The molecule has 0 amide bonds. The Bertz CT molecular complexity index is 636. The van der Waals surface area contributed by atoms with Gasteiger partial charge in [-0.05, 0) is 50.4 Å². The summed E-state index contributed by atoms with van der Waals surface area (Å²) in [5, 5.41) is 14.4. The summed E-state index contributed by atoms with van der Waals surface area (Å²) in [6, 6.07) is 1.87. The van der Waals surface area contributed by atoms with Crippen LogP contribution >= 0.6 is 11.6 Å². The largest absolute Gasteiger partial charge is 0.469 e. The smallest absolute Gasteiger partial charge is 0.227 e. The van der Waals surface area contributed by atoms with Crippen molar-refractivity contribution in [3.8, 4) is 5.88 Å². The summed E-state index contributed by atoms with van der Waals surface area (Å²) in [5.74, 6) is 2.52. The average Bonchev–Trinajstić information content (AvgIpc) is 2.45. The normalized spacial score (nSPS) is 38.1. The zero-order chi connectivity index (χ0) is 17.6. The van der Waals surface area contributed by atoms with Gasteiger partial charge in [-0.2, -0.15) is 4.98 Å². The Morgan fingerprint density at radius 1 is 1.32 bits per heavy atom. The van der Waals surface area contributed by atoms with Crippen LogP contribution in [0.25, 0.3) is 0 Å². The number of nitrogens with zero attached hydrogens (tertiary/aromatic N) is 2. The van der Waals surface area contributed by atoms with E-state index in [1.165, 1.54) is 0 Å². The van der Waals surface area contributed by atoms with Crippen molar-refractivity contribution in [2.75, 3.05) is 18.5 Å². The molecule has 3 aliphatic rings. The summed E-state index contributed by atoms with van der Waals surface area (Å²) in [7, 11) is 0. The summed E-state index contributed by atoms with van der Waals surface area (Å²) in [6.07, 6.45) is 4.04. The first-order valence-electron chi connectivity index (χ1n) is 9.16. The van der Waals surface area contributed by atoms with Gasteiger partial charge < -0.3 is 19.9 Å². The molecule has 5 atom stereocenters. The van der Waals surface area contributed by atoms with Crippen molar-refractivity contribution in [2.45, 2.75) is 57.3 Å². The SMILES string of the molecule is CC1CC2CC(CC(C)(O)C2)C1Nc1nc(Cl)cc(OC2COC2)n1. The van der Waals surface area contributed by atoms with Crippen LogP contribution in [0.15, 0.2) is 6.07 Å². The second kappa shape index (κ2) is 6.56. The van der Waals surface area contributed by atoms with Crippen LogP contribution in [0.1, 0.15) is 39.5 Å². The number of nitrogens with one attached hydrogen (secondary N) is 1. The van der Waals surface area contributed by atoms with Gasteiger partial charge in [-0.25, -0.2) is 4.98 Å².